The van der Waals surface area contributed by atoms with Gasteiger partial charge in [-0.3, -0.25) is 14.5 Å². The van der Waals surface area contributed by atoms with E-state index in [4.69, 9.17) is 0 Å². The fourth-order valence-electron chi connectivity index (χ4n) is 3.51. The van der Waals surface area contributed by atoms with Crippen LogP contribution in [0.2, 0.25) is 0 Å². The van der Waals surface area contributed by atoms with Crippen molar-refractivity contribution in [3.63, 3.8) is 0 Å². The number of anilines is 1. The largest absolute Gasteiger partial charge is 0.346 e. The lowest BCUT2D eigenvalue weighted by Crippen LogP contribution is -2.49. The number of para-hydroxylation sites is 1. The fourth-order valence-corrected chi connectivity index (χ4v) is 4.21. The van der Waals surface area contributed by atoms with E-state index in [0.717, 1.165) is 37.3 Å². The second kappa shape index (κ2) is 9.32. The minimum absolute atomic E-state index is 0.0805. The van der Waals surface area contributed by atoms with Crippen LogP contribution >= 0.6 is 11.3 Å². The minimum Gasteiger partial charge on any atom is -0.346 e. The summed E-state index contributed by atoms with van der Waals surface area (Å²) in [4.78, 5) is 29.5. The Labute approximate surface area is 170 Å². The lowest BCUT2D eigenvalue weighted by Gasteiger charge is -2.37. The summed E-state index contributed by atoms with van der Waals surface area (Å²) >= 11 is 1.65. The van der Waals surface area contributed by atoms with Crippen LogP contribution in [0.25, 0.3) is 0 Å². The minimum atomic E-state index is -0.625. The molecular weight excluding hydrogens is 372 g/mol. The summed E-state index contributed by atoms with van der Waals surface area (Å²) in [6.45, 7) is 8.15. The lowest BCUT2D eigenvalue weighted by atomic mass is 10.1. The Morgan fingerprint density at radius 3 is 2.36 bits per heavy atom. The van der Waals surface area contributed by atoms with E-state index in [2.05, 4.69) is 38.9 Å². The molecule has 1 aliphatic rings. The number of likely N-dealkylation sites (N-methyl/N-ethyl adjacent to an activating group) is 1. The van der Waals surface area contributed by atoms with Crippen LogP contribution in [0.4, 0.5) is 5.69 Å². The van der Waals surface area contributed by atoms with Gasteiger partial charge in [0.15, 0.2) is 0 Å². The Morgan fingerprint density at radius 2 is 1.75 bits per heavy atom. The van der Waals surface area contributed by atoms with Crippen LogP contribution in [0.5, 0.6) is 0 Å². The van der Waals surface area contributed by atoms with Crippen molar-refractivity contribution in [1.29, 1.82) is 0 Å². The van der Waals surface area contributed by atoms with Gasteiger partial charge in [0, 0.05) is 38.4 Å². The predicted molar refractivity (Wildman–Crippen MR) is 114 cm³/mol. The van der Waals surface area contributed by atoms with Crippen molar-refractivity contribution in [3.05, 3.63) is 51.7 Å². The molecule has 1 atom stereocenters. The molecule has 1 aromatic heterocycles. The van der Waals surface area contributed by atoms with Gasteiger partial charge in [-0.15, -0.1) is 0 Å². The third-order valence-electron chi connectivity index (χ3n) is 5.29. The smallest absolute Gasteiger partial charge is 0.313 e. The summed E-state index contributed by atoms with van der Waals surface area (Å²) in [6.07, 6.45) is 0. The molecule has 1 saturated heterocycles. The molecule has 2 aromatic rings. The predicted octanol–water partition coefficient (Wildman–Crippen LogP) is 2.41. The van der Waals surface area contributed by atoms with Crippen molar-refractivity contribution in [2.24, 2.45) is 0 Å². The maximum absolute atomic E-state index is 12.4. The summed E-state index contributed by atoms with van der Waals surface area (Å²) in [7, 11) is 2.12. The number of hydrogen-bond donors (Lipinski definition) is 2. The van der Waals surface area contributed by atoms with Crippen LogP contribution in [0.3, 0.4) is 0 Å². The number of piperazine rings is 1. The number of nitrogens with one attached hydrogen (secondary N) is 2. The SMILES string of the molecule is Cc1cccc(C)c1NC(=O)C(=O)NC[C@H](c1ccsc1)N1CCN(C)CC1. The van der Waals surface area contributed by atoms with E-state index in [0.29, 0.717) is 12.2 Å². The molecule has 0 saturated carbocycles. The summed E-state index contributed by atoms with van der Waals surface area (Å²) in [6, 6.07) is 7.94. The number of amides is 2. The molecule has 150 valence electrons. The second-order valence-corrected chi connectivity index (χ2v) is 8.12. The third kappa shape index (κ3) is 4.98. The van der Waals surface area contributed by atoms with Crippen LogP contribution in [0, 0.1) is 13.8 Å². The van der Waals surface area contributed by atoms with Gasteiger partial charge in [-0.1, -0.05) is 18.2 Å². The monoisotopic (exact) mass is 400 g/mol. The topological polar surface area (TPSA) is 64.7 Å². The summed E-state index contributed by atoms with van der Waals surface area (Å²) < 4.78 is 0. The molecule has 0 aliphatic carbocycles. The highest BCUT2D eigenvalue weighted by Gasteiger charge is 2.26. The first kappa shape index (κ1) is 20.5. The molecule has 2 heterocycles. The van der Waals surface area contributed by atoms with Crippen molar-refractivity contribution >= 4 is 28.8 Å². The Bertz CT molecular complexity index is 794. The highest BCUT2D eigenvalue weighted by Crippen LogP contribution is 2.24. The molecule has 0 spiro atoms. The van der Waals surface area contributed by atoms with Crippen LogP contribution in [-0.2, 0) is 9.59 Å². The Balaban J connectivity index is 1.62. The highest BCUT2D eigenvalue weighted by atomic mass is 32.1. The lowest BCUT2D eigenvalue weighted by molar-refractivity contribution is -0.136. The van der Waals surface area contributed by atoms with E-state index in [1.807, 2.05) is 37.4 Å². The highest BCUT2D eigenvalue weighted by molar-refractivity contribution is 7.08. The average molecular weight is 401 g/mol. The fraction of sp³-hybridized carbons (Fsp3) is 0.429. The zero-order valence-corrected chi connectivity index (χ0v) is 17.5. The van der Waals surface area contributed by atoms with E-state index in [1.165, 1.54) is 5.56 Å². The molecule has 28 heavy (non-hydrogen) atoms. The zero-order chi connectivity index (χ0) is 20.1. The number of nitrogens with zero attached hydrogens (tertiary/aromatic N) is 2. The molecule has 1 aliphatic heterocycles. The van der Waals surface area contributed by atoms with E-state index >= 15 is 0 Å². The van der Waals surface area contributed by atoms with Gasteiger partial charge in [-0.05, 0) is 54.4 Å². The van der Waals surface area contributed by atoms with Crippen LogP contribution in [0.15, 0.2) is 35.0 Å². The number of hydrogen-bond acceptors (Lipinski definition) is 5. The molecule has 0 bridgehead atoms. The molecule has 0 radical (unpaired) electrons. The second-order valence-electron chi connectivity index (χ2n) is 7.34. The third-order valence-corrected chi connectivity index (χ3v) is 5.99. The van der Waals surface area contributed by atoms with E-state index in [9.17, 15) is 9.59 Å². The Hall–Kier alpha value is -2.22. The Morgan fingerprint density at radius 1 is 1.07 bits per heavy atom. The maximum Gasteiger partial charge on any atom is 0.313 e. The molecule has 1 aromatic carbocycles. The van der Waals surface area contributed by atoms with Crippen molar-refractivity contribution in [3.8, 4) is 0 Å². The van der Waals surface area contributed by atoms with Gasteiger partial charge in [0.1, 0.15) is 0 Å². The van der Waals surface area contributed by atoms with Crippen molar-refractivity contribution in [2.45, 2.75) is 19.9 Å². The maximum atomic E-state index is 12.4. The van der Waals surface area contributed by atoms with Gasteiger partial charge in [0.05, 0.1) is 6.04 Å². The number of thiophene rings is 1. The number of carbonyl (C=O) groups is 2. The standard InChI is InChI=1S/C21H28N4O2S/c1-15-5-4-6-16(2)19(15)23-21(27)20(26)22-13-18(17-7-12-28-14-17)25-10-8-24(3)9-11-25/h4-7,12,14,18H,8-11,13H2,1-3H3,(H,22,26)(H,23,27)/t18-/m1/s1. The first-order valence-corrected chi connectivity index (χ1v) is 10.5. The molecular formula is C21H28N4O2S. The van der Waals surface area contributed by atoms with Crippen LogP contribution < -0.4 is 10.6 Å². The van der Waals surface area contributed by atoms with Gasteiger partial charge in [-0.2, -0.15) is 11.3 Å². The summed E-state index contributed by atoms with van der Waals surface area (Å²) in [5, 5.41) is 9.76. The summed E-state index contributed by atoms with van der Waals surface area (Å²) in [5.74, 6) is -1.23. The molecule has 7 heteroatoms. The Kier molecular flexibility index (Phi) is 6.83. The van der Waals surface area contributed by atoms with Gasteiger partial charge in [-0.25, -0.2) is 0 Å². The van der Waals surface area contributed by atoms with E-state index in [1.54, 1.807) is 11.3 Å². The van der Waals surface area contributed by atoms with E-state index < -0.39 is 11.8 Å². The number of rotatable bonds is 5. The first-order chi connectivity index (χ1) is 13.5. The van der Waals surface area contributed by atoms with E-state index in [-0.39, 0.29) is 6.04 Å². The molecule has 2 amide bonds. The van der Waals surface area contributed by atoms with Gasteiger partial charge < -0.3 is 15.5 Å². The molecule has 6 nitrogen and oxygen atoms in total. The molecule has 0 unspecified atom stereocenters. The number of carbonyl (C=O) groups excluding carboxylic acids is 2. The molecule has 2 N–H and O–H groups in total. The normalized spacial score (nSPS) is 16.5. The zero-order valence-electron chi connectivity index (χ0n) is 16.7. The van der Waals surface area contributed by atoms with Gasteiger partial charge in [0.25, 0.3) is 0 Å². The molecule has 3 rings (SSSR count). The van der Waals surface area contributed by atoms with Crippen molar-refractivity contribution < 1.29 is 9.59 Å². The van der Waals surface area contributed by atoms with Gasteiger partial charge >= 0.3 is 11.8 Å². The number of benzene rings is 1. The summed E-state index contributed by atoms with van der Waals surface area (Å²) in [5.41, 5.74) is 3.77. The van der Waals surface area contributed by atoms with Gasteiger partial charge in [0.2, 0.25) is 0 Å². The van der Waals surface area contributed by atoms with Crippen molar-refractivity contribution in [2.75, 3.05) is 45.1 Å². The number of aryl methyl sites for hydroxylation is 2. The average Bonchev–Trinajstić information content (AvgIpc) is 3.20. The quantitative estimate of drug-likeness (QED) is 0.757. The van der Waals surface area contributed by atoms with Crippen LogP contribution in [-0.4, -0.2) is 61.4 Å². The van der Waals surface area contributed by atoms with Crippen molar-refractivity contribution in [1.82, 2.24) is 15.1 Å². The van der Waals surface area contributed by atoms with Crippen LogP contribution in [0.1, 0.15) is 22.7 Å². The first-order valence-electron chi connectivity index (χ1n) is 9.56. The molecule has 1 fully saturated rings.